The molecule has 1 aromatic carbocycles. The normalized spacial score (nSPS) is 14.0. The maximum absolute atomic E-state index is 5.09. The number of rotatable bonds is 5. The van der Waals surface area contributed by atoms with Gasteiger partial charge in [0.1, 0.15) is 0 Å². The molecule has 0 N–H and O–H groups in total. The first kappa shape index (κ1) is 18.6. The van der Waals surface area contributed by atoms with Gasteiger partial charge in [-0.05, 0) is 30.8 Å². The Kier molecular flexibility index (Phi) is 5.62. The fraction of sp³-hybridized carbons (Fsp3) is 0.588. The number of aryl methyl sites for hydroxylation is 2. The van der Waals surface area contributed by atoms with E-state index in [0.717, 1.165) is 0 Å². The minimum absolute atomic E-state index is 1.21. The van der Waals surface area contributed by atoms with Crippen LogP contribution in [-0.4, -0.2) is 28.1 Å². The molecule has 1 nitrogen and oxygen atoms in total. The molecule has 0 amide bonds. The minimum Gasteiger partial charge on any atom is -0.266 e. The summed E-state index contributed by atoms with van der Waals surface area (Å²) in [6, 6.07) is 7.84. The number of aliphatic imine (C=N–C) groups is 1. The second kappa shape index (κ2) is 6.34. The smallest absolute Gasteiger partial charge is 0.0869 e. The monoisotopic (exact) mass is 335 g/mol. The summed E-state index contributed by atoms with van der Waals surface area (Å²) < 4.78 is 0. The number of hydrogen-bond acceptors (Lipinski definition) is 1. The summed E-state index contributed by atoms with van der Waals surface area (Å²) in [5.41, 5.74) is 3.81. The van der Waals surface area contributed by atoms with Gasteiger partial charge in [0.25, 0.3) is 0 Å². The maximum atomic E-state index is 5.09. The van der Waals surface area contributed by atoms with E-state index in [1.165, 1.54) is 22.9 Å². The lowest BCUT2D eigenvalue weighted by atomic mass is 10.1. The number of para-hydroxylation sites is 1. The van der Waals surface area contributed by atoms with Crippen LogP contribution in [-0.2, 0) is 0 Å². The quantitative estimate of drug-likeness (QED) is 0.473. The van der Waals surface area contributed by atoms with Crippen molar-refractivity contribution in [2.24, 2.45) is 4.99 Å². The second-order valence-corrected chi connectivity index (χ2v) is 36.1. The van der Waals surface area contributed by atoms with Crippen LogP contribution in [0.1, 0.15) is 18.1 Å². The van der Waals surface area contributed by atoms with Crippen LogP contribution in [0.5, 0.6) is 0 Å². The number of benzene rings is 1. The molecular weight excluding hydrogens is 302 g/mol. The summed E-state index contributed by atoms with van der Waals surface area (Å²) in [5.74, 6) is 2.50. The standard InChI is InChI=1S/C17H33NSi3/c1-10-21(19(4,5)6,20(7,8)9)14-18-17-15(2)12-11-13-16(17)3/h11-14H,10H2,1-9H3. The van der Waals surface area contributed by atoms with Gasteiger partial charge in [0.15, 0.2) is 0 Å². The van der Waals surface area contributed by atoms with E-state index in [9.17, 15) is 0 Å². The Hall–Kier alpha value is -0.459. The molecule has 0 spiro atoms. The average molecular weight is 336 g/mol. The fourth-order valence-electron chi connectivity index (χ4n) is 3.85. The molecule has 0 fully saturated rings. The van der Waals surface area contributed by atoms with Gasteiger partial charge in [-0.25, -0.2) is 0 Å². The van der Waals surface area contributed by atoms with E-state index in [-0.39, 0.29) is 0 Å². The van der Waals surface area contributed by atoms with Crippen LogP contribution in [0.2, 0.25) is 45.3 Å². The first-order chi connectivity index (χ1) is 9.46. The van der Waals surface area contributed by atoms with E-state index in [4.69, 9.17) is 4.99 Å². The molecule has 1 aromatic rings. The van der Waals surface area contributed by atoms with Crippen LogP contribution < -0.4 is 0 Å². The summed E-state index contributed by atoms with van der Waals surface area (Å²) in [6.45, 7) is 22.2. The Labute approximate surface area is 134 Å². The highest BCUT2D eigenvalue weighted by molar-refractivity contribution is 7.76. The molecule has 0 radical (unpaired) electrons. The molecule has 0 aromatic heterocycles. The highest BCUT2D eigenvalue weighted by Crippen LogP contribution is 2.32. The van der Waals surface area contributed by atoms with Gasteiger partial charge < -0.3 is 0 Å². The van der Waals surface area contributed by atoms with Gasteiger partial charge in [-0.2, -0.15) is 0 Å². The summed E-state index contributed by atoms with van der Waals surface area (Å²) in [4.78, 5) is 5.09. The summed E-state index contributed by atoms with van der Waals surface area (Å²) in [6.07, 6.45) is 0. The third-order valence-corrected chi connectivity index (χ3v) is 44.6. The molecule has 0 saturated carbocycles. The third kappa shape index (κ3) is 3.66. The van der Waals surface area contributed by atoms with Gasteiger partial charge in [-0.3, -0.25) is 4.99 Å². The lowest BCUT2D eigenvalue weighted by Crippen LogP contribution is -2.72. The van der Waals surface area contributed by atoms with Gasteiger partial charge in [0.05, 0.1) is 12.8 Å². The average Bonchev–Trinajstić information content (AvgIpc) is 2.30. The lowest BCUT2D eigenvalue weighted by molar-refractivity contribution is 1.33. The van der Waals surface area contributed by atoms with Crippen LogP contribution in [0.4, 0.5) is 5.69 Å². The molecular formula is C17H33NSi3. The molecule has 0 bridgehead atoms. The van der Waals surface area contributed by atoms with Gasteiger partial charge >= 0.3 is 0 Å². The van der Waals surface area contributed by atoms with Crippen LogP contribution in [0.25, 0.3) is 0 Å². The van der Waals surface area contributed by atoms with Gasteiger partial charge in [-0.15, -0.1) is 0 Å². The number of hydrogen-bond donors (Lipinski definition) is 0. The van der Waals surface area contributed by atoms with Crippen molar-refractivity contribution in [2.75, 3.05) is 0 Å². The Morgan fingerprint density at radius 1 is 0.905 bits per heavy atom. The van der Waals surface area contributed by atoms with Crippen molar-refractivity contribution in [3.05, 3.63) is 29.3 Å². The molecule has 0 aliphatic carbocycles. The Morgan fingerprint density at radius 3 is 1.67 bits per heavy atom. The van der Waals surface area contributed by atoms with E-state index >= 15 is 0 Å². The first-order valence-corrected chi connectivity index (χ1v) is 19.4. The van der Waals surface area contributed by atoms with Gasteiger partial charge in [-0.1, -0.05) is 70.4 Å². The summed E-state index contributed by atoms with van der Waals surface area (Å²) in [7, 11) is -3.83. The molecule has 0 aliphatic rings. The summed E-state index contributed by atoms with van der Waals surface area (Å²) >= 11 is 0. The highest BCUT2D eigenvalue weighted by atomic mass is 29.6. The third-order valence-electron chi connectivity index (χ3n) is 5.09. The minimum atomic E-state index is -1.42. The van der Waals surface area contributed by atoms with Crippen molar-refractivity contribution in [1.29, 1.82) is 0 Å². The summed E-state index contributed by atoms with van der Waals surface area (Å²) in [5, 5.41) is 0. The van der Waals surface area contributed by atoms with Crippen molar-refractivity contribution < 1.29 is 0 Å². The first-order valence-electron chi connectivity index (χ1n) is 8.08. The predicted molar refractivity (Wildman–Crippen MR) is 107 cm³/mol. The van der Waals surface area contributed by atoms with E-state index in [1.54, 1.807) is 0 Å². The van der Waals surface area contributed by atoms with E-state index in [0.29, 0.717) is 0 Å². The second-order valence-electron chi connectivity index (χ2n) is 8.32. The molecule has 0 saturated heterocycles. The zero-order chi connectivity index (χ0) is 16.5. The van der Waals surface area contributed by atoms with Crippen molar-refractivity contribution in [1.82, 2.24) is 0 Å². The molecule has 1 rings (SSSR count). The van der Waals surface area contributed by atoms with Crippen LogP contribution in [0, 0.1) is 13.8 Å². The zero-order valence-electron chi connectivity index (χ0n) is 15.5. The lowest BCUT2D eigenvalue weighted by Gasteiger charge is -2.47. The van der Waals surface area contributed by atoms with E-state index in [1.807, 2.05) is 0 Å². The Morgan fingerprint density at radius 2 is 1.33 bits per heavy atom. The van der Waals surface area contributed by atoms with E-state index in [2.05, 4.69) is 84.1 Å². The van der Waals surface area contributed by atoms with Gasteiger partial charge in [0.2, 0.25) is 0 Å². The van der Waals surface area contributed by atoms with Crippen LogP contribution in [0.3, 0.4) is 0 Å². The predicted octanol–water partition coefficient (Wildman–Crippen LogP) is 5.85. The molecule has 0 heterocycles. The van der Waals surface area contributed by atoms with Crippen molar-refractivity contribution in [3.63, 3.8) is 0 Å². The Bertz CT molecular complexity index is 488. The van der Waals surface area contributed by atoms with Crippen molar-refractivity contribution in [3.8, 4) is 0 Å². The number of nitrogens with zero attached hydrogens (tertiary/aromatic N) is 1. The molecule has 21 heavy (non-hydrogen) atoms. The van der Waals surface area contributed by atoms with E-state index < -0.39 is 22.3 Å². The SMILES string of the molecule is CC[Si](C=Nc1c(C)cccc1C)([Si](C)(C)C)[Si](C)(C)C. The van der Waals surface area contributed by atoms with Crippen molar-refractivity contribution >= 4 is 33.8 Å². The van der Waals surface area contributed by atoms with Crippen LogP contribution >= 0.6 is 0 Å². The molecule has 118 valence electrons. The highest BCUT2D eigenvalue weighted by Gasteiger charge is 2.52. The van der Waals surface area contributed by atoms with Crippen LogP contribution in [0.15, 0.2) is 23.2 Å². The maximum Gasteiger partial charge on any atom is 0.0869 e. The van der Waals surface area contributed by atoms with Crippen molar-refractivity contribution in [2.45, 2.75) is 66.1 Å². The topological polar surface area (TPSA) is 12.4 Å². The molecule has 0 aliphatic heterocycles. The molecule has 0 atom stereocenters. The van der Waals surface area contributed by atoms with Gasteiger partial charge in [0, 0.05) is 15.2 Å². The Balaban J connectivity index is 3.41. The fourth-order valence-corrected chi connectivity index (χ4v) is 45.6. The zero-order valence-corrected chi connectivity index (χ0v) is 18.5. The molecule has 4 heteroatoms. The largest absolute Gasteiger partial charge is 0.266 e. The molecule has 0 unspecified atom stereocenters.